The molecule has 0 saturated heterocycles. The van der Waals surface area contributed by atoms with E-state index in [2.05, 4.69) is 35.1 Å². The average molecular weight is 410 g/mol. The molecule has 3 nitrogen and oxygen atoms in total. The lowest BCUT2D eigenvalue weighted by Gasteiger charge is -2.23. The monoisotopic (exact) mass is 409 g/mol. The van der Waals surface area contributed by atoms with Crippen LogP contribution in [-0.2, 0) is 0 Å². The fourth-order valence-corrected chi connectivity index (χ4v) is 6.98. The summed E-state index contributed by atoms with van der Waals surface area (Å²) in [7, 11) is 0.828. The maximum absolute atomic E-state index is 6.63. The van der Waals surface area contributed by atoms with E-state index in [9.17, 15) is 0 Å². The topological polar surface area (TPSA) is 51.8 Å². The van der Waals surface area contributed by atoms with E-state index >= 15 is 0 Å². The fraction of sp³-hybridized carbons (Fsp3) is 0.238. The minimum absolute atomic E-state index is 0.715. The Morgan fingerprint density at radius 2 is 2.22 bits per heavy atom. The van der Waals surface area contributed by atoms with Crippen LogP contribution >= 0.6 is 31.7 Å². The highest BCUT2D eigenvalue weighted by molar-refractivity contribution is 8.02. The van der Waals surface area contributed by atoms with Gasteiger partial charge in [0.1, 0.15) is 4.83 Å². The summed E-state index contributed by atoms with van der Waals surface area (Å²) < 4.78 is 1.22. The van der Waals surface area contributed by atoms with Gasteiger partial charge in [-0.15, -0.1) is 23.1 Å². The highest BCUT2D eigenvalue weighted by atomic mass is 32.2. The predicted octanol–water partition coefficient (Wildman–Crippen LogP) is 6.17. The van der Waals surface area contributed by atoms with Crippen molar-refractivity contribution in [3.63, 3.8) is 0 Å². The molecule has 1 saturated carbocycles. The van der Waals surface area contributed by atoms with Gasteiger partial charge in [-0.2, -0.15) is 0 Å². The number of hydrogen-bond donors (Lipinski definition) is 1. The van der Waals surface area contributed by atoms with Gasteiger partial charge in [-0.05, 0) is 36.7 Å². The minimum atomic E-state index is 0.715. The molecule has 4 heterocycles. The molecule has 5 rings (SSSR count). The Balaban J connectivity index is 1.70. The number of nitrogen functional groups attached to an aromatic ring is 1. The zero-order valence-corrected chi connectivity index (χ0v) is 17.4. The Kier molecular flexibility index (Phi) is 4.76. The van der Waals surface area contributed by atoms with Gasteiger partial charge in [-0.25, -0.2) is 4.98 Å². The number of anilines is 1. The average Bonchev–Trinajstić information content (AvgIpc) is 3.01. The molecule has 0 bridgehead atoms. The van der Waals surface area contributed by atoms with Crippen LogP contribution in [0, 0.1) is 0 Å². The summed E-state index contributed by atoms with van der Waals surface area (Å²) in [6.07, 6.45) is 13.2. The lowest BCUT2D eigenvalue weighted by Crippen LogP contribution is -2.12. The van der Waals surface area contributed by atoms with Gasteiger partial charge in [-0.1, -0.05) is 39.0 Å². The third kappa shape index (κ3) is 3.33. The molecule has 27 heavy (non-hydrogen) atoms. The van der Waals surface area contributed by atoms with Crippen molar-refractivity contribution in [2.45, 2.75) is 28.7 Å². The van der Waals surface area contributed by atoms with E-state index in [1.807, 2.05) is 30.2 Å². The van der Waals surface area contributed by atoms with Crippen molar-refractivity contribution in [2.24, 2.45) is 0 Å². The van der Waals surface area contributed by atoms with Crippen LogP contribution < -0.4 is 5.73 Å². The smallest absolute Gasteiger partial charge is 0.127 e. The largest absolute Gasteiger partial charge is 0.397 e. The van der Waals surface area contributed by atoms with Crippen molar-refractivity contribution in [1.82, 2.24) is 9.97 Å². The quantitative estimate of drug-likeness (QED) is 0.523. The SMILES string of the molecule is Nc1c(SC2CCC2)sc2nc(C3=CPCC=C3)cc(-c3cccnc3)c12. The van der Waals surface area contributed by atoms with Crippen LogP contribution in [0.2, 0.25) is 0 Å². The number of nitrogens with two attached hydrogens (primary N) is 1. The normalized spacial score (nSPS) is 18.0. The zero-order valence-electron chi connectivity index (χ0n) is 14.8. The van der Waals surface area contributed by atoms with E-state index in [0.29, 0.717) is 5.25 Å². The van der Waals surface area contributed by atoms with E-state index in [1.54, 1.807) is 11.3 Å². The van der Waals surface area contributed by atoms with Gasteiger partial charge in [0, 0.05) is 34.2 Å². The van der Waals surface area contributed by atoms with E-state index < -0.39 is 0 Å². The number of aromatic nitrogens is 2. The number of rotatable bonds is 4. The Labute approximate surface area is 169 Å². The van der Waals surface area contributed by atoms with Gasteiger partial charge in [0.25, 0.3) is 0 Å². The molecular formula is C21H20N3PS2. The Bertz CT molecular complexity index is 1050. The molecular weight excluding hydrogens is 389 g/mol. The first kappa shape index (κ1) is 17.4. The van der Waals surface area contributed by atoms with Gasteiger partial charge in [0.05, 0.1) is 15.6 Å². The van der Waals surface area contributed by atoms with Gasteiger partial charge in [0.15, 0.2) is 0 Å². The van der Waals surface area contributed by atoms with Crippen molar-refractivity contribution >= 4 is 53.2 Å². The summed E-state index contributed by atoms with van der Waals surface area (Å²) in [5, 5.41) is 1.80. The van der Waals surface area contributed by atoms with E-state index in [1.165, 1.54) is 29.0 Å². The lowest BCUT2D eigenvalue weighted by atomic mass is 10.00. The molecule has 1 aliphatic carbocycles. The fourth-order valence-electron chi connectivity index (χ4n) is 3.36. The summed E-state index contributed by atoms with van der Waals surface area (Å²) in [5.74, 6) is 2.31. The number of hydrogen-bond acceptors (Lipinski definition) is 5. The van der Waals surface area contributed by atoms with Gasteiger partial charge < -0.3 is 5.73 Å². The molecule has 136 valence electrons. The second-order valence-corrected chi connectivity index (χ2v) is 10.5. The second-order valence-electron chi connectivity index (χ2n) is 6.86. The van der Waals surface area contributed by atoms with Crippen LogP contribution in [0.5, 0.6) is 0 Å². The van der Waals surface area contributed by atoms with Crippen molar-refractivity contribution in [3.05, 3.63) is 54.3 Å². The van der Waals surface area contributed by atoms with Gasteiger partial charge in [-0.3, -0.25) is 4.98 Å². The minimum Gasteiger partial charge on any atom is -0.397 e. The number of nitrogens with zero attached hydrogens (tertiary/aromatic N) is 2. The van der Waals surface area contributed by atoms with Crippen molar-refractivity contribution < 1.29 is 0 Å². The summed E-state index contributed by atoms with van der Waals surface area (Å²) in [6.45, 7) is 0. The molecule has 0 radical (unpaired) electrons. The Morgan fingerprint density at radius 3 is 2.93 bits per heavy atom. The predicted molar refractivity (Wildman–Crippen MR) is 121 cm³/mol. The second kappa shape index (κ2) is 7.38. The molecule has 1 fully saturated rings. The van der Waals surface area contributed by atoms with Crippen molar-refractivity contribution in [1.29, 1.82) is 0 Å². The first-order chi connectivity index (χ1) is 13.3. The van der Waals surface area contributed by atoms with Gasteiger partial charge in [0.2, 0.25) is 0 Å². The Hall–Kier alpha value is -1.68. The van der Waals surface area contributed by atoms with Crippen LogP contribution in [0.1, 0.15) is 25.0 Å². The summed E-state index contributed by atoms with van der Waals surface area (Å²) >= 11 is 3.68. The van der Waals surface area contributed by atoms with Crippen LogP contribution in [-0.4, -0.2) is 21.4 Å². The maximum Gasteiger partial charge on any atom is 0.127 e. The molecule has 6 heteroatoms. The number of thioether (sulfide) groups is 1. The maximum atomic E-state index is 6.63. The number of fused-ring (bicyclic) bond motifs is 1. The Morgan fingerprint density at radius 1 is 1.30 bits per heavy atom. The third-order valence-corrected chi connectivity index (χ3v) is 8.71. The highest BCUT2D eigenvalue weighted by Crippen LogP contribution is 2.48. The molecule has 2 aliphatic rings. The van der Waals surface area contributed by atoms with E-state index in [0.717, 1.165) is 47.5 Å². The lowest BCUT2D eigenvalue weighted by molar-refractivity contribution is 0.522. The van der Waals surface area contributed by atoms with Crippen LogP contribution in [0.4, 0.5) is 5.69 Å². The number of thiophene rings is 1. The highest BCUT2D eigenvalue weighted by Gasteiger charge is 2.24. The molecule has 0 spiro atoms. The van der Waals surface area contributed by atoms with Crippen LogP contribution in [0.15, 0.2) is 52.8 Å². The molecule has 3 aromatic heterocycles. The number of pyridine rings is 2. The molecule has 1 atom stereocenters. The molecule has 3 aromatic rings. The number of allylic oxidation sites excluding steroid dienone is 3. The van der Waals surface area contributed by atoms with Crippen LogP contribution in [0.25, 0.3) is 26.9 Å². The third-order valence-electron chi connectivity index (χ3n) is 5.05. The zero-order chi connectivity index (χ0) is 18.2. The summed E-state index contributed by atoms with van der Waals surface area (Å²) in [5.41, 5.74) is 12.0. The summed E-state index contributed by atoms with van der Waals surface area (Å²) in [4.78, 5) is 10.4. The first-order valence-electron chi connectivity index (χ1n) is 9.20. The molecule has 1 unspecified atom stereocenters. The molecule has 0 aromatic carbocycles. The first-order valence-corrected chi connectivity index (χ1v) is 12.2. The van der Waals surface area contributed by atoms with Crippen molar-refractivity contribution in [2.75, 3.05) is 11.9 Å². The summed E-state index contributed by atoms with van der Waals surface area (Å²) in [6, 6.07) is 6.27. The molecule has 0 amide bonds. The van der Waals surface area contributed by atoms with Crippen molar-refractivity contribution in [3.8, 4) is 11.1 Å². The van der Waals surface area contributed by atoms with E-state index in [4.69, 9.17) is 10.7 Å². The molecule has 2 N–H and O–H groups in total. The standard InChI is InChI=1S/C21H20N3PS2/c22-19-18-16(13-4-2-8-23-11-13)10-17(14-5-3-9-25-12-14)24-20(18)27-21(19)26-15-6-1-7-15/h2-5,8,10-12,15,25H,1,6-7,9,22H2. The van der Waals surface area contributed by atoms with Gasteiger partial charge >= 0.3 is 0 Å². The van der Waals surface area contributed by atoms with Crippen LogP contribution in [0.3, 0.4) is 0 Å². The molecule has 1 aliphatic heterocycles. The van der Waals surface area contributed by atoms with E-state index in [-0.39, 0.29) is 0 Å².